The Balaban J connectivity index is 1.13. The highest BCUT2D eigenvalue weighted by Crippen LogP contribution is 2.56. The van der Waals surface area contributed by atoms with Crippen LogP contribution in [0.4, 0.5) is 17.1 Å². The topological polar surface area (TPSA) is 3.24 Å². The maximum absolute atomic E-state index is 2.46. The maximum Gasteiger partial charge on any atom is 0.0476 e. The molecule has 0 bridgehead atoms. The quantitative estimate of drug-likeness (QED) is 0.132. The summed E-state index contributed by atoms with van der Waals surface area (Å²) in [6, 6.07) is 89.9. The number of thiophene rings is 1. The molecule has 326 valence electrons. The van der Waals surface area contributed by atoms with Gasteiger partial charge in [-0.2, -0.15) is 0 Å². The Morgan fingerprint density at radius 2 is 0.647 bits per heavy atom. The van der Waals surface area contributed by atoms with Crippen molar-refractivity contribution in [3.05, 3.63) is 248 Å². The summed E-state index contributed by atoms with van der Waals surface area (Å²) in [4.78, 5) is 2.46. The molecule has 12 rings (SSSR count). The fourth-order valence-corrected chi connectivity index (χ4v) is 12.1. The summed E-state index contributed by atoms with van der Waals surface area (Å²) < 4.78 is 2.61. The van der Waals surface area contributed by atoms with Gasteiger partial charge in [0.05, 0.1) is 0 Å². The minimum Gasteiger partial charge on any atom is -0.310 e. The number of benzene rings is 10. The summed E-state index contributed by atoms with van der Waals surface area (Å²) in [5.41, 5.74) is 19.3. The summed E-state index contributed by atoms with van der Waals surface area (Å²) >= 11 is 1.88. The van der Waals surface area contributed by atoms with Crippen LogP contribution in [0, 0.1) is 0 Å². The van der Waals surface area contributed by atoms with Crippen molar-refractivity contribution in [2.75, 3.05) is 4.90 Å². The van der Waals surface area contributed by atoms with E-state index in [0.717, 1.165) is 22.6 Å². The predicted octanol–water partition coefficient (Wildman–Crippen LogP) is 19.6. The summed E-state index contributed by atoms with van der Waals surface area (Å²) in [6.07, 6.45) is 6.58. The molecule has 1 fully saturated rings. The van der Waals surface area contributed by atoms with Crippen LogP contribution in [0.1, 0.15) is 43.6 Å². The summed E-state index contributed by atoms with van der Waals surface area (Å²) in [5, 5.41) is 2.62. The molecule has 0 saturated heterocycles. The molecule has 1 aromatic heterocycles. The fraction of sp³-hybridized carbons (Fsp3) is 0.0909. The van der Waals surface area contributed by atoms with Gasteiger partial charge in [-0.3, -0.25) is 0 Å². The van der Waals surface area contributed by atoms with Crippen molar-refractivity contribution in [2.45, 2.75) is 38.0 Å². The van der Waals surface area contributed by atoms with E-state index in [1.54, 1.807) is 0 Å². The first-order chi connectivity index (χ1) is 33.8. The van der Waals surface area contributed by atoms with Crippen LogP contribution in [-0.2, 0) is 0 Å². The third-order valence-corrected chi connectivity index (χ3v) is 15.2. The van der Waals surface area contributed by atoms with E-state index >= 15 is 0 Å². The molecule has 1 aliphatic carbocycles. The van der Waals surface area contributed by atoms with Crippen LogP contribution in [0.3, 0.4) is 0 Å². The number of fused-ring (bicyclic) bond motifs is 3. The first kappa shape index (κ1) is 41.6. The van der Waals surface area contributed by atoms with E-state index in [4.69, 9.17) is 0 Å². The predicted molar refractivity (Wildman–Crippen MR) is 292 cm³/mol. The van der Waals surface area contributed by atoms with Gasteiger partial charge in [-0.25, -0.2) is 0 Å². The lowest BCUT2D eigenvalue weighted by molar-refractivity contribution is 0.443. The van der Waals surface area contributed by atoms with E-state index in [-0.39, 0.29) is 0 Å². The van der Waals surface area contributed by atoms with E-state index in [9.17, 15) is 0 Å². The molecule has 1 nitrogen and oxygen atoms in total. The molecule has 0 radical (unpaired) electrons. The minimum atomic E-state index is 0.646. The molecule has 1 saturated carbocycles. The van der Waals surface area contributed by atoms with Crippen molar-refractivity contribution >= 4 is 48.6 Å². The van der Waals surface area contributed by atoms with Crippen LogP contribution < -0.4 is 4.90 Å². The monoisotopic (exact) mass is 889 g/mol. The molecule has 0 unspecified atom stereocenters. The third kappa shape index (κ3) is 7.81. The van der Waals surface area contributed by atoms with E-state index in [1.165, 1.54) is 119 Å². The van der Waals surface area contributed by atoms with E-state index in [0.29, 0.717) is 5.92 Å². The van der Waals surface area contributed by atoms with Gasteiger partial charge in [0.1, 0.15) is 0 Å². The molecule has 2 heteroatoms. The van der Waals surface area contributed by atoms with Crippen LogP contribution in [0.5, 0.6) is 0 Å². The Morgan fingerprint density at radius 1 is 0.294 bits per heavy atom. The van der Waals surface area contributed by atoms with Gasteiger partial charge in [0.2, 0.25) is 0 Å². The SMILES string of the molecule is c1ccc(-c2c(-c3ccccc3)c(-c3ccccc3)c(-c3ccc(N(c4ccc(C5CCCCC5)cc4)c4ccc5c(c4)sc4ccccc45)cc3)c(-c3ccccc3)c2-c2ccccc2)cc1. The molecule has 11 aromatic rings. The Hall–Kier alpha value is -7.78. The molecule has 1 aliphatic rings. The summed E-state index contributed by atoms with van der Waals surface area (Å²) in [7, 11) is 0. The lowest BCUT2D eigenvalue weighted by Gasteiger charge is -2.29. The maximum atomic E-state index is 2.46. The van der Waals surface area contributed by atoms with Gasteiger partial charge in [0.15, 0.2) is 0 Å². The highest BCUT2D eigenvalue weighted by atomic mass is 32.1. The van der Waals surface area contributed by atoms with Gasteiger partial charge in [-0.15, -0.1) is 11.3 Å². The average molecular weight is 890 g/mol. The normalized spacial score (nSPS) is 12.9. The number of hydrogen-bond donors (Lipinski definition) is 0. The molecule has 1 heterocycles. The van der Waals surface area contributed by atoms with Gasteiger partial charge >= 0.3 is 0 Å². The molecule has 0 aliphatic heterocycles. The highest BCUT2D eigenvalue weighted by molar-refractivity contribution is 7.25. The Morgan fingerprint density at radius 3 is 1.09 bits per heavy atom. The van der Waals surface area contributed by atoms with E-state index in [1.807, 2.05) is 11.3 Å². The van der Waals surface area contributed by atoms with Gasteiger partial charge in [-0.1, -0.05) is 219 Å². The fourth-order valence-electron chi connectivity index (χ4n) is 10.9. The van der Waals surface area contributed by atoms with Crippen molar-refractivity contribution in [3.8, 4) is 66.8 Å². The van der Waals surface area contributed by atoms with Crippen molar-refractivity contribution in [1.29, 1.82) is 0 Å². The van der Waals surface area contributed by atoms with Crippen molar-refractivity contribution in [3.63, 3.8) is 0 Å². The highest BCUT2D eigenvalue weighted by Gasteiger charge is 2.29. The van der Waals surface area contributed by atoms with Crippen LogP contribution in [0.25, 0.3) is 86.9 Å². The van der Waals surface area contributed by atoms with Crippen molar-refractivity contribution in [1.82, 2.24) is 0 Å². The van der Waals surface area contributed by atoms with Crippen LogP contribution in [-0.4, -0.2) is 0 Å². The van der Waals surface area contributed by atoms with Gasteiger partial charge in [0, 0.05) is 37.2 Å². The smallest absolute Gasteiger partial charge is 0.0476 e. The molecule has 68 heavy (non-hydrogen) atoms. The third-order valence-electron chi connectivity index (χ3n) is 14.1. The van der Waals surface area contributed by atoms with E-state index in [2.05, 4.69) is 248 Å². The number of nitrogens with zero attached hydrogens (tertiary/aromatic N) is 1. The van der Waals surface area contributed by atoms with Gasteiger partial charge in [0.25, 0.3) is 0 Å². The van der Waals surface area contributed by atoms with E-state index < -0.39 is 0 Å². The summed E-state index contributed by atoms with van der Waals surface area (Å²) in [6.45, 7) is 0. The minimum absolute atomic E-state index is 0.646. The van der Waals surface area contributed by atoms with Crippen LogP contribution in [0.2, 0.25) is 0 Å². The van der Waals surface area contributed by atoms with Crippen molar-refractivity contribution in [2.24, 2.45) is 0 Å². The van der Waals surface area contributed by atoms with Gasteiger partial charge in [-0.05, 0) is 134 Å². The Labute approximate surface area is 404 Å². The standard InChI is InChI=1S/C66H51NS/c1-7-21-46(22-8-1)47-35-39-54(40-36-47)67(56-43-44-58-57-33-19-20-34-59(57)68-60(58)45-56)55-41-37-53(38-42-55)66-64(51-29-15-5-16-30-51)62(49-25-11-3-12-26-49)61(48-23-9-2-10-24-48)63(50-27-13-4-14-28-50)65(66)52-31-17-6-18-32-52/h2-6,9-20,23-46H,1,7-8,21-22H2. The Kier molecular flexibility index (Phi) is 11.3. The number of rotatable bonds is 10. The second-order valence-corrected chi connectivity index (χ2v) is 19.3. The largest absolute Gasteiger partial charge is 0.310 e. The van der Waals surface area contributed by atoms with Gasteiger partial charge < -0.3 is 4.90 Å². The molecule has 0 spiro atoms. The Bertz CT molecular complexity index is 3380. The molecule has 0 N–H and O–H groups in total. The lowest BCUT2D eigenvalue weighted by Crippen LogP contribution is -2.10. The first-order valence-corrected chi connectivity index (χ1v) is 25.0. The first-order valence-electron chi connectivity index (χ1n) is 24.2. The number of hydrogen-bond acceptors (Lipinski definition) is 2. The zero-order valence-corrected chi connectivity index (χ0v) is 38.9. The summed E-state index contributed by atoms with van der Waals surface area (Å²) in [5.74, 6) is 0.646. The molecule has 0 amide bonds. The number of anilines is 3. The second-order valence-electron chi connectivity index (χ2n) is 18.2. The molecular formula is C66H51NS. The van der Waals surface area contributed by atoms with Crippen LogP contribution >= 0.6 is 11.3 Å². The molecular weight excluding hydrogens is 839 g/mol. The second kappa shape index (κ2) is 18.5. The molecule has 10 aromatic carbocycles. The zero-order valence-electron chi connectivity index (χ0n) is 38.1. The average Bonchev–Trinajstić information content (AvgIpc) is 3.80. The zero-order chi connectivity index (χ0) is 45.2. The molecule has 0 atom stereocenters. The van der Waals surface area contributed by atoms with Crippen LogP contribution in [0.15, 0.2) is 243 Å². The van der Waals surface area contributed by atoms with Crippen molar-refractivity contribution < 1.29 is 0 Å². The lowest BCUT2D eigenvalue weighted by atomic mass is 9.74.